The van der Waals surface area contributed by atoms with Crippen LogP contribution >= 0.6 is 23.2 Å². The Morgan fingerprint density at radius 3 is 1.91 bits per heavy atom. The monoisotopic (exact) mass is 499 g/mol. The largest absolute Gasteiger partial charge is 0.328 e. The maximum absolute atomic E-state index is 14.1. The third-order valence-corrected chi connectivity index (χ3v) is 6.79. The summed E-state index contributed by atoms with van der Waals surface area (Å²) in [6.45, 7) is 4.25. The fraction of sp³-hybridized carbons (Fsp3) is 0.296. The first kappa shape index (κ1) is 24.5. The zero-order valence-electron chi connectivity index (χ0n) is 19.0. The number of nitrogens with zero attached hydrogens (tertiary/aromatic N) is 2. The summed E-state index contributed by atoms with van der Waals surface area (Å²) >= 11 is 12.3. The van der Waals surface area contributed by atoms with Gasteiger partial charge in [0.25, 0.3) is 0 Å². The lowest BCUT2D eigenvalue weighted by Crippen LogP contribution is -2.53. The van der Waals surface area contributed by atoms with Crippen LogP contribution in [-0.4, -0.2) is 46.8 Å². The number of urea groups is 1. The highest BCUT2D eigenvalue weighted by Crippen LogP contribution is 2.30. The average molecular weight is 500 g/mol. The number of hydrogen-bond acceptors (Lipinski definition) is 2. The Hall–Kier alpha value is -2.60. The van der Waals surface area contributed by atoms with Crippen LogP contribution in [0.4, 0.5) is 9.18 Å². The van der Waals surface area contributed by atoms with Crippen LogP contribution in [0.25, 0.3) is 0 Å². The van der Waals surface area contributed by atoms with Gasteiger partial charge in [0, 0.05) is 26.2 Å². The van der Waals surface area contributed by atoms with Gasteiger partial charge in [-0.25, -0.2) is 9.18 Å². The smallest absolute Gasteiger partial charge is 0.318 e. The van der Waals surface area contributed by atoms with Gasteiger partial charge < -0.3 is 10.2 Å². The molecule has 3 aromatic carbocycles. The number of benzene rings is 3. The van der Waals surface area contributed by atoms with Crippen LogP contribution in [0, 0.1) is 12.7 Å². The molecule has 1 saturated heterocycles. The van der Waals surface area contributed by atoms with Gasteiger partial charge in [0.15, 0.2) is 0 Å². The van der Waals surface area contributed by atoms with Crippen LogP contribution < -0.4 is 5.32 Å². The average Bonchev–Trinajstić information content (AvgIpc) is 2.86. The molecule has 0 aliphatic carbocycles. The van der Waals surface area contributed by atoms with E-state index in [0.717, 1.165) is 13.1 Å². The summed E-state index contributed by atoms with van der Waals surface area (Å²) in [7, 11) is 0. The van der Waals surface area contributed by atoms with Crippen molar-refractivity contribution in [2.45, 2.75) is 23.8 Å². The third-order valence-electron chi connectivity index (χ3n) is 6.28. The molecular formula is C27H28Cl2FN3O. The van der Waals surface area contributed by atoms with E-state index in [2.05, 4.69) is 58.7 Å². The Kier molecular flexibility index (Phi) is 8.09. The molecule has 0 spiro atoms. The molecule has 3 aromatic rings. The fourth-order valence-electron chi connectivity index (χ4n) is 4.39. The van der Waals surface area contributed by atoms with Gasteiger partial charge in [0.1, 0.15) is 10.7 Å². The van der Waals surface area contributed by atoms with E-state index in [1.807, 2.05) is 12.1 Å². The van der Waals surface area contributed by atoms with Crippen molar-refractivity contribution in [2.24, 2.45) is 0 Å². The van der Waals surface area contributed by atoms with E-state index < -0.39 is 10.9 Å². The first-order chi connectivity index (χ1) is 16.4. The number of hydrogen-bond donors (Lipinski definition) is 1. The highest BCUT2D eigenvalue weighted by atomic mass is 35.5. The number of rotatable bonds is 6. The maximum atomic E-state index is 14.1. The molecule has 1 heterocycles. The minimum Gasteiger partial charge on any atom is -0.328 e. The molecule has 1 atom stereocenters. The van der Waals surface area contributed by atoms with E-state index in [-0.39, 0.29) is 17.9 Å². The van der Waals surface area contributed by atoms with E-state index >= 15 is 0 Å². The highest BCUT2D eigenvalue weighted by Gasteiger charge is 2.30. The van der Waals surface area contributed by atoms with E-state index in [9.17, 15) is 9.18 Å². The molecule has 1 unspecified atom stereocenters. The minimum absolute atomic E-state index is 0.117. The third kappa shape index (κ3) is 5.72. The van der Waals surface area contributed by atoms with Crippen LogP contribution in [0.1, 0.15) is 34.3 Å². The zero-order valence-corrected chi connectivity index (χ0v) is 20.5. The van der Waals surface area contributed by atoms with Gasteiger partial charge in [-0.1, -0.05) is 72.8 Å². The second-order valence-corrected chi connectivity index (χ2v) is 9.68. The van der Waals surface area contributed by atoms with Crippen LogP contribution in [0.5, 0.6) is 0 Å². The number of aryl methyl sites for hydroxylation is 1. The van der Waals surface area contributed by atoms with Crippen molar-refractivity contribution in [1.82, 2.24) is 15.1 Å². The number of carbonyl (C=O) groups excluding carboxylic acids is 1. The maximum Gasteiger partial charge on any atom is 0.318 e. The van der Waals surface area contributed by atoms with Crippen LogP contribution in [0.15, 0.2) is 78.9 Å². The molecule has 7 heteroatoms. The molecular weight excluding hydrogens is 472 g/mol. The zero-order chi connectivity index (χ0) is 24.1. The number of alkyl halides is 2. The summed E-state index contributed by atoms with van der Waals surface area (Å²) in [4.78, 5) is 16.3. The number of nitrogens with one attached hydrogen (secondary N) is 1. The van der Waals surface area contributed by atoms with Gasteiger partial charge in [-0.05, 0) is 35.2 Å². The molecule has 4 nitrogen and oxygen atoms in total. The Balaban J connectivity index is 1.44. The number of amides is 2. The summed E-state index contributed by atoms with van der Waals surface area (Å²) in [5, 5.41) is 2.89. The summed E-state index contributed by atoms with van der Waals surface area (Å²) in [5.74, 6) is -0.354. The standard InChI is InChI=1S/C27H28Cl2FN3O/c1-19-12-13-22(18-23(19)30)24(26(28)29)31-27(34)33-16-14-32(15-17-33)25(20-8-4-2-5-9-20)21-10-6-3-7-11-21/h2-13,18,24-26H,14-17H2,1H3,(H,31,34). The van der Waals surface area contributed by atoms with Crippen molar-refractivity contribution in [1.29, 1.82) is 0 Å². The van der Waals surface area contributed by atoms with Crippen LogP contribution in [0.3, 0.4) is 0 Å². The van der Waals surface area contributed by atoms with Crippen molar-refractivity contribution in [3.8, 4) is 0 Å². The van der Waals surface area contributed by atoms with Gasteiger partial charge >= 0.3 is 6.03 Å². The van der Waals surface area contributed by atoms with Gasteiger partial charge in [-0.2, -0.15) is 0 Å². The molecule has 1 aliphatic rings. The van der Waals surface area contributed by atoms with E-state index in [1.165, 1.54) is 17.2 Å². The summed E-state index contributed by atoms with van der Waals surface area (Å²) in [6, 6.07) is 24.7. The van der Waals surface area contributed by atoms with Crippen molar-refractivity contribution < 1.29 is 9.18 Å². The first-order valence-electron chi connectivity index (χ1n) is 11.4. The van der Waals surface area contributed by atoms with Gasteiger partial charge in [0.2, 0.25) is 0 Å². The Labute approximate surface area is 210 Å². The molecule has 0 aromatic heterocycles. The molecule has 34 heavy (non-hydrogen) atoms. The quantitative estimate of drug-likeness (QED) is 0.416. The molecule has 1 aliphatic heterocycles. The second kappa shape index (κ2) is 11.2. The predicted molar refractivity (Wildman–Crippen MR) is 136 cm³/mol. The van der Waals surface area contributed by atoms with Crippen molar-refractivity contribution in [3.63, 3.8) is 0 Å². The van der Waals surface area contributed by atoms with E-state index in [4.69, 9.17) is 23.2 Å². The van der Waals surface area contributed by atoms with Gasteiger partial charge in [-0.3, -0.25) is 4.90 Å². The van der Waals surface area contributed by atoms with Gasteiger partial charge in [-0.15, -0.1) is 23.2 Å². The summed E-state index contributed by atoms with van der Waals surface area (Å²) in [6.07, 6.45) is 0. The molecule has 0 radical (unpaired) electrons. The molecule has 1 N–H and O–H groups in total. The van der Waals surface area contributed by atoms with Crippen LogP contribution in [-0.2, 0) is 0 Å². The van der Waals surface area contributed by atoms with E-state index in [0.29, 0.717) is 24.2 Å². The lowest BCUT2D eigenvalue weighted by Gasteiger charge is -2.40. The topological polar surface area (TPSA) is 35.6 Å². The SMILES string of the molecule is Cc1ccc(C(NC(=O)N2CCN(C(c3ccccc3)c3ccccc3)CC2)C(Cl)Cl)cc1F. The summed E-state index contributed by atoms with van der Waals surface area (Å²) < 4.78 is 14.1. The minimum atomic E-state index is -0.909. The normalized spacial score (nSPS) is 15.5. The molecule has 0 saturated carbocycles. The molecule has 0 bridgehead atoms. The molecule has 178 valence electrons. The number of piperazine rings is 1. The fourth-order valence-corrected chi connectivity index (χ4v) is 4.80. The van der Waals surface area contributed by atoms with Crippen molar-refractivity contribution in [2.75, 3.05) is 26.2 Å². The van der Waals surface area contributed by atoms with Crippen molar-refractivity contribution in [3.05, 3.63) is 107 Å². The summed E-state index contributed by atoms with van der Waals surface area (Å²) in [5.41, 5.74) is 3.51. The Morgan fingerprint density at radius 1 is 0.853 bits per heavy atom. The lowest BCUT2D eigenvalue weighted by atomic mass is 9.96. The van der Waals surface area contributed by atoms with Gasteiger partial charge in [0.05, 0.1) is 12.1 Å². The molecule has 1 fully saturated rings. The Morgan fingerprint density at radius 2 is 1.41 bits per heavy atom. The number of carbonyl (C=O) groups is 1. The van der Waals surface area contributed by atoms with Crippen molar-refractivity contribution >= 4 is 29.2 Å². The lowest BCUT2D eigenvalue weighted by molar-refractivity contribution is 0.119. The molecule has 2 amide bonds. The Bertz CT molecular complexity index is 1050. The second-order valence-electron chi connectivity index (χ2n) is 8.52. The van der Waals surface area contributed by atoms with Crippen LogP contribution in [0.2, 0.25) is 0 Å². The van der Waals surface area contributed by atoms with E-state index in [1.54, 1.807) is 24.0 Å². The first-order valence-corrected chi connectivity index (χ1v) is 12.2. The highest BCUT2D eigenvalue weighted by molar-refractivity contribution is 6.44. The molecule has 4 rings (SSSR count). The predicted octanol–water partition coefficient (Wildman–Crippen LogP) is 6.10. The number of halogens is 3.